The lowest BCUT2D eigenvalue weighted by Crippen LogP contribution is -2.31. The van der Waals surface area contributed by atoms with Crippen LogP contribution in [0.4, 0.5) is 0 Å². The Balaban J connectivity index is 1.81. The van der Waals surface area contributed by atoms with Gasteiger partial charge in [0.15, 0.2) is 9.84 Å². The zero-order valence-corrected chi connectivity index (χ0v) is 14.2. The van der Waals surface area contributed by atoms with Crippen LogP contribution in [0.3, 0.4) is 0 Å². The van der Waals surface area contributed by atoms with E-state index in [0.29, 0.717) is 18.1 Å². The smallest absolute Gasteiger partial charge is 0.150 e. The Kier molecular flexibility index (Phi) is 6.15. The Morgan fingerprint density at radius 1 is 1.10 bits per heavy atom. The SMILES string of the molecule is CC1(CCOC=C2CCCCC2)CCCCCS(=O)(=O)C1. The van der Waals surface area contributed by atoms with E-state index in [-0.39, 0.29) is 5.41 Å². The van der Waals surface area contributed by atoms with Crippen molar-refractivity contribution >= 4 is 9.84 Å². The van der Waals surface area contributed by atoms with Crippen LogP contribution in [-0.4, -0.2) is 26.5 Å². The minimum atomic E-state index is -2.88. The second-order valence-electron chi connectivity index (χ2n) is 7.17. The first-order valence-corrected chi connectivity index (χ1v) is 10.3. The van der Waals surface area contributed by atoms with E-state index < -0.39 is 9.84 Å². The molecule has 21 heavy (non-hydrogen) atoms. The topological polar surface area (TPSA) is 43.4 Å². The first-order valence-electron chi connectivity index (χ1n) is 8.49. The van der Waals surface area contributed by atoms with Crippen LogP contribution in [0.5, 0.6) is 0 Å². The molecule has 1 atom stereocenters. The van der Waals surface area contributed by atoms with E-state index in [1.165, 1.54) is 37.7 Å². The van der Waals surface area contributed by atoms with Crippen molar-refractivity contribution in [1.82, 2.24) is 0 Å². The van der Waals surface area contributed by atoms with Gasteiger partial charge < -0.3 is 4.74 Å². The molecule has 1 saturated carbocycles. The van der Waals surface area contributed by atoms with E-state index in [4.69, 9.17) is 4.74 Å². The van der Waals surface area contributed by atoms with Crippen molar-refractivity contribution in [2.24, 2.45) is 5.41 Å². The molecule has 1 heterocycles. The summed E-state index contributed by atoms with van der Waals surface area (Å²) in [5, 5.41) is 0. The second-order valence-corrected chi connectivity index (χ2v) is 9.35. The Morgan fingerprint density at radius 2 is 1.81 bits per heavy atom. The summed E-state index contributed by atoms with van der Waals surface area (Å²) in [6, 6.07) is 0. The van der Waals surface area contributed by atoms with Crippen LogP contribution in [0.15, 0.2) is 11.8 Å². The van der Waals surface area contributed by atoms with E-state index in [0.717, 1.165) is 32.1 Å². The van der Waals surface area contributed by atoms with E-state index >= 15 is 0 Å². The van der Waals surface area contributed by atoms with Gasteiger partial charge in [-0.2, -0.15) is 0 Å². The fourth-order valence-electron chi connectivity index (χ4n) is 3.53. The number of rotatable bonds is 4. The van der Waals surface area contributed by atoms with Gasteiger partial charge in [0.1, 0.15) is 0 Å². The average molecular weight is 314 g/mol. The number of ether oxygens (including phenoxy) is 1. The highest BCUT2D eigenvalue weighted by molar-refractivity contribution is 7.91. The molecule has 1 saturated heterocycles. The highest BCUT2D eigenvalue weighted by Crippen LogP contribution is 2.33. The van der Waals surface area contributed by atoms with Gasteiger partial charge in [-0.15, -0.1) is 0 Å². The number of allylic oxidation sites excluding steroid dienone is 1. The molecule has 2 fully saturated rings. The molecule has 0 bridgehead atoms. The molecule has 1 unspecified atom stereocenters. The molecule has 122 valence electrons. The summed E-state index contributed by atoms with van der Waals surface area (Å²) in [6.45, 7) is 2.77. The standard InChI is InChI=1S/C17H30O3S/c1-17(10-6-3-7-13-21(18,19)15-17)11-12-20-14-16-8-4-2-5-9-16/h14H,2-13,15H2,1H3. The van der Waals surface area contributed by atoms with Gasteiger partial charge >= 0.3 is 0 Å². The molecule has 0 aromatic heterocycles. The van der Waals surface area contributed by atoms with E-state index in [1.54, 1.807) is 0 Å². The van der Waals surface area contributed by atoms with Gasteiger partial charge in [0.25, 0.3) is 0 Å². The van der Waals surface area contributed by atoms with Gasteiger partial charge in [-0.05, 0) is 55.9 Å². The maximum Gasteiger partial charge on any atom is 0.150 e. The molecule has 3 nitrogen and oxygen atoms in total. The molecule has 1 aliphatic heterocycles. The van der Waals surface area contributed by atoms with E-state index in [9.17, 15) is 8.42 Å². The van der Waals surface area contributed by atoms with E-state index in [1.807, 2.05) is 6.26 Å². The van der Waals surface area contributed by atoms with Gasteiger partial charge in [-0.25, -0.2) is 8.42 Å². The molecule has 0 N–H and O–H groups in total. The minimum absolute atomic E-state index is 0.107. The Labute approximate surface area is 130 Å². The number of hydrogen-bond acceptors (Lipinski definition) is 3. The van der Waals surface area contributed by atoms with Crippen molar-refractivity contribution in [3.8, 4) is 0 Å². The summed E-state index contributed by atoms with van der Waals surface area (Å²) in [5.41, 5.74) is 1.32. The summed E-state index contributed by atoms with van der Waals surface area (Å²) in [5.74, 6) is 0.702. The second kappa shape index (κ2) is 7.66. The van der Waals surface area contributed by atoms with Crippen molar-refractivity contribution in [3.63, 3.8) is 0 Å². The quantitative estimate of drug-likeness (QED) is 0.576. The van der Waals surface area contributed by atoms with Gasteiger partial charge in [0.05, 0.1) is 24.4 Å². The third kappa shape index (κ3) is 6.01. The van der Waals surface area contributed by atoms with Crippen LogP contribution >= 0.6 is 0 Å². The predicted molar refractivity (Wildman–Crippen MR) is 87.0 cm³/mol. The molecular formula is C17H30O3S. The largest absolute Gasteiger partial charge is 0.501 e. The van der Waals surface area contributed by atoms with Crippen LogP contribution in [0.1, 0.15) is 71.1 Å². The minimum Gasteiger partial charge on any atom is -0.501 e. The van der Waals surface area contributed by atoms with E-state index in [2.05, 4.69) is 6.92 Å². The fourth-order valence-corrected chi connectivity index (χ4v) is 5.67. The maximum absolute atomic E-state index is 12.1. The number of hydrogen-bond donors (Lipinski definition) is 0. The van der Waals surface area contributed by atoms with Crippen molar-refractivity contribution in [2.75, 3.05) is 18.1 Å². The molecule has 0 spiro atoms. The summed E-state index contributed by atoms with van der Waals surface area (Å²) in [4.78, 5) is 0. The van der Waals surface area contributed by atoms with Crippen LogP contribution in [0.2, 0.25) is 0 Å². The lowest BCUT2D eigenvalue weighted by atomic mass is 9.83. The van der Waals surface area contributed by atoms with Crippen molar-refractivity contribution in [2.45, 2.75) is 71.1 Å². The molecule has 0 aromatic rings. The molecule has 0 amide bonds. The molecule has 2 aliphatic rings. The lowest BCUT2D eigenvalue weighted by molar-refractivity contribution is 0.175. The molecule has 0 aromatic carbocycles. The zero-order chi connectivity index (χ0) is 15.2. The predicted octanol–water partition coefficient (Wildman–Crippen LogP) is 4.24. The molecular weight excluding hydrogens is 284 g/mol. The zero-order valence-electron chi connectivity index (χ0n) is 13.4. The molecule has 4 heteroatoms. The normalized spacial score (nSPS) is 30.2. The Bertz CT molecular complexity index is 445. The first-order chi connectivity index (χ1) is 9.99. The van der Waals surface area contributed by atoms with Crippen molar-refractivity contribution in [3.05, 3.63) is 11.8 Å². The van der Waals surface area contributed by atoms with Gasteiger partial charge in [-0.1, -0.05) is 26.2 Å². The highest BCUT2D eigenvalue weighted by Gasteiger charge is 2.31. The Hall–Kier alpha value is -0.510. The number of sulfone groups is 1. The summed E-state index contributed by atoms with van der Waals surface area (Å²) < 4.78 is 29.9. The van der Waals surface area contributed by atoms with Crippen LogP contribution in [0, 0.1) is 5.41 Å². The fraction of sp³-hybridized carbons (Fsp3) is 0.882. The monoisotopic (exact) mass is 314 g/mol. The van der Waals surface area contributed by atoms with Gasteiger partial charge in [0, 0.05) is 0 Å². The van der Waals surface area contributed by atoms with Gasteiger partial charge in [-0.3, -0.25) is 0 Å². The third-order valence-corrected chi connectivity index (χ3v) is 6.92. The molecule has 2 rings (SSSR count). The molecule has 1 aliphatic carbocycles. The maximum atomic E-state index is 12.1. The summed E-state index contributed by atoms with van der Waals surface area (Å²) in [7, 11) is -2.88. The van der Waals surface area contributed by atoms with Crippen LogP contribution < -0.4 is 0 Å². The first kappa shape index (κ1) is 16.9. The van der Waals surface area contributed by atoms with Crippen molar-refractivity contribution < 1.29 is 13.2 Å². The Morgan fingerprint density at radius 3 is 2.57 bits per heavy atom. The molecule has 0 radical (unpaired) electrons. The van der Waals surface area contributed by atoms with Crippen LogP contribution in [0.25, 0.3) is 0 Å². The highest BCUT2D eigenvalue weighted by atomic mass is 32.2. The van der Waals surface area contributed by atoms with Crippen molar-refractivity contribution in [1.29, 1.82) is 0 Å². The van der Waals surface area contributed by atoms with Gasteiger partial charge in [0.2, 0.25) is 0 Å². The van der Waals surface area contributed by atoms with Crippen LogP contribution in [-0.2, 0) is 14.6 Å². The summed E-state index contributed by atoms with van der Waals surface area (Å²) in [6.07, 6.45) is 13.1. The summed E-state index contributed by atoms with van der Waals surface area (Å²) >= 11 is 0. The average Bonchev–Trinajstić information content (AvgIpc) is 2.42. The third-order valence-electron chi connectivity index (χ3n) is 4.87. The lowest BCUT2D eigenvalue weighted by Gasteiger charge is -2.31.